The Hall–Kier alpha value is -1.59. The van der Waals surface area contributed by atoms with Gasteiger partial charge in [0.05, 0.1) is 6.42 Å². The van der Waals surface area contributed by atoms with Crippen LogP contribution in [0.1, 0.15) is 25.8 Å². The van der Waals surface area contributed by atoms with Crippen molar-refractivity contribution in [2.24, 2.45) is 11.8 Å². The normalized spacial score (nSPS) is 17.9. The second-order valence-corrected chi connectivity index (χ2v) is 6.95. The number of nitrogens with one attached hydrogen (secondary N) is 2. The minimum absolute atomic E-state index is 0. The second kappa shape index (κ2) is 10.4. The summed E-state index contributed by atoms with van der Waals surface area (Å²) in [6.45, 7) is 6.44. The molecule has 1 saturated heterocycles. The molecule has 0 bridgehead atoms. The highest BCUT2D eigenvalue weighted by molar-refractivity contribution is 5.88. The maximum atomic E-state index is 12.8. The zero-order chi connectivity index (χ0) is 17.5. The van der Waals surface area contributed by atoms with Crippen molar-refractivity contribution in [1.82, 2.24) is 15.5 Å². The molecule has 5 nitrogen and oxygen atoms in total. The highest BCUT2D eigenvalue weighted by atomic mass is 35.5. The molecular formula is C19H30ClN3O2. The minimum atomic E-state index is -0.449. The number of nitrogens with zero attached hydrogens (tertiary/aromatic N) is 1. The van der Waals surface area contributed by atoms with Crippen molar-refractivity contribution in [1.29, 1.82) is 0 Å². The van der Waals surface area contributed by atoms with Crippen molar-refractivity contribution in [2.75, 3.05) is 26.7 Å². The van der Waals surface area contributed by atoms with Crippen molar-refractivity contribution >= 4 is 24.2 Å². The van der Waals surface area contributed by atoms with Gasteiger partial charge in [-0.1, -0.05) is 44.2 Å². The third-order valence-corrected chi connectivity index (χ3v) is 4.55. The number of halogens is 1. The average molecular weight is 368 g/mol. The standard InChI is InChI=1S/C19H29N3O2.ClH/c1-14(2)18(19(24)22-10-9-16(13-22)12-20-3)21-17(23)11-15-7-5-4-6-8-15;/h4-8,14,16,18,20H,9-13H2,1-3H3,(H,21,23);1H. The molecule has 1 heterocycles. The molecule has 2 rings (SSSR count). The van der Waals surface area contributed by atoms with Gasteiger partial charge in [0, 0.05) is 13.1 Å². The van der Waals surface area contributed by atoms with Gasteiger partial charge in [-0.05, 0) is 37.4 Å². The van der Waals surface area contributed by atoms with Crippen molar-refractivity contribution < 1.29 is 9.59 Å². The van der Waals surface area contributed by atoms with E-state index in [0.717, 1.165) is 31.6 Å². The van der Waals surface area contributed by atoms with E-state index in [0.29, 0.717) is 12.3 Å². The van der Waals surface area contributed by atoms with E-state index in [1.54, 1.807) is 0 Å². The first kappa shape index (κ1) is 21.5. The summed E-state index contributed by atoms with van der Waals surface area (Å²) in [6.07, 6.45) is 1.33. The molecule has 1 aromatic rings. The third-order valence-electron chi connectivity index (χ3n) is 4.55. The summed E-state index contributed by atoms with van der Waals surface area (Å²) in [5, 5.41) is 6.12. The number of hydrogen-bond acceptors (Lipinski definition) is 3. The molecule has 1 fully saturated rings. The fraction of sp³-hybridized carbons (Fsp3) is 0.579. The molecule has 0 saturated carbocycles. The lowest BCUT2D eigenvalue weighted by Gasteiger charge is -2.27. The quantitative estimate of drug-likeness (QED) is 0.773. The number of hydrogen-bond donors (Lipinski definition) is 2. The van der Waals surface area contributed by atoms with Crippen LogP contribution in [0.3, 0.4) is 0 Å². The van der Waals surface area contributed by atoms with E-state index in [1.807, 2.05) is 56.1 Å². The van der Waals surface area contributed by atoms with Gasteiger partial charge in [-0.25, -0.2) is 0 Å². The SMILES string of the molecule is CNCC1CCN(C(=O)C(NC(=O)Cc2ccccc2)C(C)C)C1.Cl. The average Bonchev–Trinajstić information content (AvgIpc) is 3.02. The van der Waals surface area contributed by atoms with Gasteiger partial charge in [-0.2, -0.15) is 0 Å². The lowest BCUT2D eigenvalue weighted by atomic mass is 10.0. The lowest BCUT2D eigenvalue weighted by molar-refractivity contribution is -0.136. The highest BCUT2D eigenvalue weighted by Crippen LogP contribution is 2.18. The van der Waals surface area contributed by atoms with Crippen LogP contribution < -0.4 is 10.6 Å². The third kappa shape index (κ3) is 6.33. The molecule has 1 aromatic carbocycles. The van der Waals surface area contributed by atoms with Crippen LogP contribution in [0, 0.1) is 11.8 Å². The molecule has 0 aromatic heterocycles. The Bertz CT molecular complexity index is 551. The van der Waals surface area contributed by atoms with Gasteiger partial charge in [0.1, 0.15) is 6.04 Å². The van der Waals surface area contributed by atoms with Crippen LogP contribution in [0.25, 0.3) is 0 Å². The lowest BCUT2D eigenvalue weighted by Crippen LogP contribution is -2.51. The summed E-state index contributed by atoms with van der Waals surface area (Å²) < 4.78 is 0. The van der Waals surface area contributed by atoms with Crippen molar-refractivity contribution in [3.63, 3.8) is 0 Å². The van der Waals surface area contributed by atoms with Gasteiger partial charge in [-0.3, -0.25) is 9.59 Å². The summed E-state index contributed by atoms with van der Waals surface area (Å²) in [5.74, 6) is 0.525. The second-order valence-electron chi connectivity index (χ2n) is 6.95. The number of rotatable bonds is 7. The van der Waals surface area contributed by atoms with Crippen LogP contribution in [0.4, 0.5) is 0 Å². The maximum absolute atomic E-state index is 12.8. The van der Waals surface area contributed by atoms with Crippen molar-refractivity contribution in [3.05, 3.63) is 35.9 Å². The first-order valence-corrected chi connectivity index (χ1v) is 8.78. The molecule has 0 aliphatic carbocycles. The fourth-order valence-corrected chi connectivity index (χ4v) is 3.20. The molecule has 0 spiro atoms. The summed E-state index contributed by atoms with van der Waals surface area (Å²) in [7, 11) is 1.94. The predicted octanol–water partition coefficient (Wildman–Crippen LogP) is 1.86. The molecule has 0 radical (unpaired) electrons. The maximum Gasteiger partial charge on any atom is 0.245 e. The van der Waals surface area contributed by atoms with E-state index < -0.39 is 6.04 Å². The van der Waals surface area contributed by atoms with Crippen molar-refractivity contribution in [3.8, 4) is 0 Å². The summed E-state index contributed by atoms with van der Waals surface area (Å²) in [6, 6.07) is 9.16. The molecular weight excluding hydrogens is 338 g/mol. The number of carbonyl (C=O) groups excluding carboxylic acids is 2. The molecule has 1 aliphatic heterocycles. The molecule has 2 unspecified atom stereocenters. The van der Waals surface area contributed by atoms with Gasteiger partial charge < -0.3 is 15.5 Å². The van der Waals surface area contributed by atoms with E-state index in [-0.39, 0.29) is 30.1 Å². The Morgan fingerprint density at radius 3 is 2.52 bits per heavy atom. The topological polar surface area (TPSA) is 61.4 Å². The van der Waals surface area contributed by atoms with Crippen molar-refractivity contribution in [2.45, 2.75) is 32.7 Å². The molecule has 140 valence electrons. The van der Waals surface area contributed by atoms with Crippen LogP contribution in [0.5, 0.6) is 0 Å². The zero-order valence-corrected chi connectivity index (χ0v) is 16.1. The van der Waals surface area contributed by atoms with Gasteiger partial charge >= 0.3 is 0 Å². The van der Waals surface area contributed by atoms with Gasteiger partial charge in [-0.15, -0.1) is 12.4 Å². The van der Waals surface area contributed by atoms with Gasteiger partial charge in [0.25, 0.3) is 0 Å². The van der Waals surface area contributed by atoms with Crippen LogP contribution >= 0.6 is 12.4 Å². The predicted molar refractivity (Wildman–Crippen MR) is 103 cm³/mol. The molecule has 2 atom stereocenters. The van der Waals surface area contributed by atoms with Gasteiger partial charge in [0.15, 0.2) is 0 Å². The van der Waals surface area contributed by atoms with E-state index in [4.69, 9.17) is 0 Å². The van der Waals surface area contributed by atoms with E-state index in [2.05, 4.69) is 10.6 Å². The van der Waals surface area contributed by atoms with Crippen LogP contribution in [-0.4, -0.2) is 49.4 Å². The Labute approximate surface area is 157 Å². The number of likely N-dealkylation sites (tertiary alicyclic amines) is 1. The molecule has 6 heteroatoms. The first-order valence-electron chi connectivity index (χ1n) is 8.78. The summed E-state index contributed by atoms with van der Waals surface area (Å²) in [4.78, 5) is 27.0. The number of benzene rings is 1. The van der Waals surface area contributed by atoms with Crippen LogP contribution in [0.2, 0.25) is 0 Å². The highest BCUT2D eigenvalue weighted by Gasteiger charge is 2.32. The smallest absolute Gasteiger partial charge is 0.245 e. The molecule has 1 aliphatic rings. The Kier molecular flexibility index (Phi) is 8.93. The van der Waals surface area contributed by atoms with E-state index in [1.165, 1.54) is 0 Å². The Balaban J connectivity index is 0.00000312. The molecule has 25 heavy (non-hydrogen) atoms. The monoisotopic (exact) mass is 367 g/mol. The number of carbonyl (C=O) groups is 2. The molecule has 2 N–H and O–H groups in total. The fourth-order valence-electron chi connectivity index (χ4n) is 3.20. The Morgan fingerprint density at radius 2 is 1.92 bits per heavy atom. The zero-order valence-electron chi connectivity index (χ0n) is 15.3. The van der Waals surface area contributed by atoms with Gasteiger partial charge in [0.2, 0.25) is 11.8 Å². The molecule has 2 amide bonds. The summed E-state index contributed by atoms with van der Waals surface area (Å²) in [5.41, 5.74) is 0.959. The summed E-state index contributed by atoms with van der Waals surface area (Å²) >= 11 is 0. The largest absolute Gasteiger partial charge is 0.344 e. The first-order chi connectivity index (χ1) is 11.5. The van der Waals surface area contributed by atoms with E-state index >= 15 is 0 Å². The van der Waals surface area contributed by atoms with Crippen LogP contribution in [-0.2, 0) is 16.0 Å². The minimum Gasteiger partial charge on any atom is -0.344 e. The Morgan fingerprint density at radius 1 is 1.24 bits per heavy atom. The van der Waals surface area contributed by atoms with E-state index in [9.17, 15) is 9.59 Å². The van der Waals surface area contributed by atoms with Crippen LogP contribution in [0.15, 0.2) is 30.3 Å². The number of amides is 2.